The first kappa shape index (κ1) is 23.0. The Labute approximate surface area is 183 Å². The summed E-state index contributed by atoms with van der Waals surface area (Å²) in [5.41, 5.74) is 1.74. The van der Waals surface area contributed by atoms with Gasteiger partial charge in [0.1, 0.15) is 10.5 Å². The zero-order valence-corrected chi connectivity index (χ0v) is 19.2. The van der Waals surface area contributed by atoms with E-state index < -0.39 is 21.9 Å². The van der Waals surface area contributed by atoms with Crippen molar-refractivity contribution in [1.29, 1.82) is 0 Å². The second-order valence-corrected chi connectivity index (χ2v) is 9.59. The number of piperidine rings is 1. The minimum atomic E-state index is -4.00. The molecule has 1 amide bonds. The lowest BCUT2D eigenvalue weighted by Gasteiger charge is -2.31. The summed E-state index contributed by atoms with van der Waals surface area (Å²) in [5.74, 6) is -1.34. The average Bonchev–Trinajstić information content (AvgIpc) is 2.99. The predicted molar refractivity (Wildman–Crippen MR) is 117 cm³/mol. The lowest BCUT2D eigenvalue weighted by atomic mass is 9.99. The third kappa shape index (κ3) is 4.52. The normalized spacial score (nSPS) is 17.4. The van der Waals surface area contributed by atoms with Crippen LogP contribution in [0.5, 0.6) is 0 Å². The van der Waals surface area contributed by atoms with Gasteiger partial charge in [-0.1, -0.05) is 18.2 Å². The molecule has 3 rings (SSSR count). The predicted octanol–water partition coefficient (Wildman–Crippen LogP) is 2.86. The van der Waals surface area contributed by atoms with Gasteiger partial charge in [0.2, 0.25) is 15.9 Å². The number of hydrogen-bond donors (Lipinski definition) is 1. The number of sulfonamides is 1. The lowest BCUT2D eigenvalue weighted by molar-refractivity contribution is -0.120. The molecule has 168 valence electrons. The highest BCUT2D eigenvalue weighted by atomic mass is 32.2. The van der Waals surface area contributed by atoms with Gasteiger partial charge in [-0.2, -0.15) is 4.31 Å². The van der Waals surface area contributed by atoms with Gasteiger partial charge in [0, 0.05) is 37.2 Å². The summed E-state index contributed by atoms with van der Waals surface area (Å²) < 4.78 is 35.3. The second kappa shape index (κ2) is 9.23. The van der Waals surface area contributed by atoms with Crippen molar-refractivity contribution in [3.05, 3.63) is 47.3 Å². The fourth-order valence-electron chi connectivity index (χ4n) is 3.95. The molecule has 2 heterocycles. The van der Waals surface area contributed by atoms with Crippen LogP contribution in [0.25, 0.3) is 0 Å². The average molecular weight is 448 g/mol. The summed E-state index contributed by atoms with van der Waals surface area (Å²) in [4.78, 5) is 25.3. The lowest BCUT2D eigenvalue weighted by Crippen LogP contribution is -2.44. The molecule has 0 bridgehead atoms. The van der Waals surface area contributed by atoms with Gasteiger partial charge in [-0.15, -0.1) is 0 Å². The maximum Gasteiger partial charge on any atom is 0.341 e. The van der Waals surface area contributed by atoms with E-state index in [1.54, 1.807) is 44.5 Å². The molecule has 1 fully saturated rings. The zero-order chi connectivity index (χ0) is 22.8. The van der Waals surface area contributed by atoms with E-state index in [1.807, 2.05) is 18.2 Å². The van der Waals surface area contributed by atoms with Crippen LogP contribution in [0.2, 0.25) is 0 Å². The third-order valence-electron chi connectivity index (χ3n) is 5.80. The first-order valence-electron chi connectivity index (χ1n) is 10.4. The highest BCUT2D eigenvalue weighted by molar-refractivity contribution is 7.89. The molecule has 0 radical (unpaired) electrons. The van der Waals surface area contributed by atoms with Crippen molar-refractivity contribution in [2.24, 2.45) is 13.0 Å². The van der Waals surface area contributed by atoms with Gasteiger partial charge in [-0.25, -0.2) is 13.2 Å². The van der Waals surface area contributed by atoms with Crippen molar-refractivity contribution in [2.75, 3.05) is 25.0 Å². The topological polar surface area (TPSA) is 97.7 Å². The standard InChI is InChI=1S/C22H29N3O5S/c1-5-30-22(27)19-15(2)24(4)16(3)20(19)31(28,29)25-13-9-10-17(14-25)21(26)23-18-11-7-6-8-12-18/h6-8,11-12,17H,5,9-10,13-14H2,1-4H3,(H,23,26)/t17-/m0/s1. The molecule has 9 heteroatoms. The monoisotopic (exact) mass is 447 g/mol. The fourth-order valence-corrected chi connectivity index (χ4v) is 5.95. The number of hydrogen-bond acceptors (Lipinski definition) is 5. The van der Waals surface area contributed by atoms with Crippen LogP contribution in [0.3, 0.4) is 0 Å². The van der Waals surface area contributed by atoms with Gasteiger partial charge in [0.05, 0.1) is 12.5 Å². The Hall–Kier alpha value is -2.65. The smallest absolute Gasteiger partial charge is 0.341 e. The second-order valence-electron chi connectivity index (χ2n) is 7.71. The van der Waals surface area contributed by atoms with Crippen molar-refractivity contribution < 1.29 is 22.7 Å². The maximum absolute atomic E-state index is 13.6. The van der Waals surface area contributed by atoms with Gasteiger partial charge in [-0.3, -0.25) is 4.79 Å². The largest absolute Gasteiger partial charge is 0.462 e. The van der Waals surface area contributed by atoms with Crippen LogP contribution in [0, 0.1) is 19.8 Å². The Morgan fingerprint density at radius 2 is 1.84 bits per heavy atom. The molecule has 1 saturated heterocycles. The van der Waals surface area contributed by atoms with Gasteiger partial charge < -0.3 is 14.6 Å². The van der Waals surface area contributed by atoms with E-state index in [1.165, 1.54) is 4.31 Å². The Balaban J connectivity index is 1.89. The molecule has 8 nitrogen and oxygen atoms in total. The van der Waals surface area contributed by atoms with Gasteiger partial charge >= 0.3 is 5.97 Å². The first-order valence-corrected chi connectivity index (χ1v) is 11.8. The number of esters is 1. The Morgan fingerprint density at radius 3 is 2.48 bits per heavy atom. The summed E-state index contributed by atoms with van der Waals surface area (Å²) in [5, 5.41) is 2.86. The number of benzene rings is 1. The summed E-state index contributed by atoms with van der Waals surface area (Å²) in [6.45, 7) is 5.56. The quantitative estimate of drug-likeness (QED) is 0.687. The number of para-hydroxylation sites is 1. The number of ether oxygens (including phenoxy) is 1. The number of carbonyl (C=O) groups excluding carboxylic acids is 2. The summed E-state index contributed by atoms with van der Waals surface area (Å²) >= 11 is 0. The molecule has 0 saturated carbocycles. The van der Waals surface area contributed by atoms with E-state index in [9.17, 15) is 18.0 Å². The molecular formula is C22H29N3O5S. The van der Waals surface area contributed by atoms with E-state index in [-0.39, 0.29) is 29.5 Å². The molecule has 0 aliphatic carbocycles. The Kier molecular flexibility index (Phi) is 6.86. The third-order valence-corrected chi connectivity index (χ3v) is 7.82. The van der Waals surface area contributed by atoms with Crippen LogP contribution in [0.15, 0.2) is 35.2 Å². The highest BCUT2D eigenvalue weighted by Crippen LogP contribution is 2.32. The summed E-state index contributed by atoms with van der Waals surface area (Å²) in [6.07, 6.45) is 1.16. The van der Waals surface area contributed by atoms with Crippen molar-refractivity contribution >= 4 is 27.6 Å². The van der Waals surface area contributed by atoms with E-state index >= 15 is 0 Å². The summed E-state index contributed by atoms with van der Waals surface area (Å²) in [7, 11) is -2.28. The summed E-state index contributed by atoms with van der Waals surface area (Å²) in [6, 6.07) is 9.08. The van der Waals surface area contributed by atoms with Crippen LogP contribution >= 0.6 is 0 Å². The fraction of sp³-hybridized carbons (Fsp3) is 0.455. The first-order chi connectivity index (χ1) is 14.7. The number of nitrogens with zero attached hydrogens (tertiary/aromatic N) is 2. The van der Waals surface area contributed by atoms with Crippen molar-refractivity contribution in [3.63, 3.8) is 0 Å². The molecule has 0 unspecified atom stereocenters. The number of nitrogens with one attached hydrogen (secondary N) is 1. The van der Waals surface area contributed by atoms with Crippen LogP contribution < -0.4 is 5.32 Å². The number of aromatic nitrogens is 1. The minimum Gasteiger partial charge on any atom is -0.462 e. The molecule has 1 aliphatic heterocycles. The van der Waals surface area contributed by atoms with Crippen LogP contribution in [0.1, 0.15) is 41.5 Å². The minimum absolute atomic E-state index is 0.0323. The van der Waals surface area contributed by atoms with E-state index in [0.717, 1.165) is 0 Å². The van der Waals surface area contributed by atoms with Crippen molar-refractivity contribution in [3.8, 4) is 0 Å². The molecule has 1 N–H and O–H groups in total. The van der Waals surface area contributed by atoms with Crippen molar-refractivity contribution in [2.45, 2.75) is 38.5 Å². The van der Waals surface area contributed by atoms with Crippen LogP contribution in [-0.2, 0) is 26.6 Å². The molecule has 1 aromatic carbocycles. The number of amides is 1. The van der Waals surface area contributed by atoms with Crippen LogP contribution in [0.4, 0.5) is 5.69 Å². The van der Waals surface area contributed by atoms with Gasteiger partial charge in [0.15, 0.2) is 0 Å². The SMILES string of the molecule is CCOC(=O)c1c(S(=O)(=O)N2CCC[C@H](C(=O)Nc3ccccc3)C2)c(C)n(C)c1C. The van der Waals surface area contributed by atoms with Gasteiger partial charge in [0.25, 0.3) is 0 Å². The molecule has 0 spiro atoms. The number of anilines is 1. The van der Waals surface area contributed by atoms with Crippen LogP contribution in [-0.4, -0.2) is 48.9 Å². The maximum atomic E-state index is 13.6. The van der Waals surface area contributed by atoms with E-state index in [0.29, 0.717) is 36.5 Å². The van der Waals surface area contributed by atoms with E-state index in [4.69, 9.17) is 4.74 Å². The molecule has 1 aliphatic rings. The highest BCUT2D eigenvalue weighted by Gasteiger charge is 2.39. The molecule has 31 heavy (non-hydrogen) atoms. The molecule has 2 aromatic rings. The molecule has 1 atom stereocenters. The molecular weight excluding hydrogens is 418 g/mol. The Bertz CT molecular complexity index is 1080. The molecule has 1 aromatic heterocycles. The zero-order valence-electron chi connectivity index (χ0n) is 18.3. The van der Waals surface area contributed by atoms with Gasteiger partial charge in [-0.05, 0) is 45.7 Å². The Morgan fingerprint density at radius 1 is 1.16 bits per heavy atom. The number of carbonyl (C=O) groups is 2. The number of rotatable bonds is 6. The van der Waals surface area contributed by atoms with E-state index in [2.05, 4.69) is 5.32 Å². The van der Waals surface area contributed by atoms with Crippen molar-refractivity contribution in [1.82, 2.24) is 8.87 Å².